The highest BCUT2D eigenvalue weighted by Crippen LogP contribution is 2.23. The number of benzene rings is 1. The smallest absolute Gasteiger partial charge is 0.251 e. The van der Waals surface area contributed by atoms with Crippen molar-refractivity contribution in [3.63, 3.8) is 0 Å². The minimum atomic E-state index is -3.25. The molecule has 25 heavy (non-hydrogen) atoms. The van der Waals surface area contributed by atoms with Crippen molar-refractivity contribution in [1.29, 1.82) is 0 Å². The van der Waals surface area contributed by atoms with E-state index in [1.165, 1.54) is 9.87 Å². The molecule has 2 saturated heterocycles. The van der Waals surface area contributed by atoms with Gasteiger partial charge >= 0.3 is 0 Å². The molecule has 1 atom stereocenters. The van der Waals surface area contributed by atoms with E-state index in [0.29, 0.717) is 24.6 Å². The van der Waals surface area contributed by atoms with Crippen LogP contribution in [0.15, 0.2) is 24.3 Å². The second-order valence-electron chi connectivity index (χ2n) is 6.85. The highest BCUT2D eigenvalue weighted by Gasteiger charge is 2.25. The summed E-state index contributed by atoms with van der Waals surface area (Å²) in [4.78, 5) is 12.4. The second kappa shape index (κ2) is 8.29. The van der Waals surface area contributed by atoms with E-state index >= 15 is 0 Å². The number of hydrogen-bond donors (Lipinski definition) is 2. The molecule has 1 amide bonds. The van der Waals surface area contributed by atoms with Crippen molar-refractivity contribution in [3.8, 4) is 0 Å². The number of carbonyl (C=O) groups is 1. The van der Waals surface area contributed by atoms with Gasteiger partial charge in [-0.25, -0.2) is 12.7 Å². The maximum absolute atomic E-state index is 12.4. The van der Waals surface area contributed by atoms with E-state index < -0.39 is 10.0 Å². The number of nitrogens with one attached hydrogen (secondary N) is 2. The van der Waals surface area contributed by atoms with Crippen LogP contribution in [0.3, 0.4) is 0 Å². The first-order valence-corrected chi connectivity index (χ1v) is 10.7. The molecule has 1 aromatic carbocycles. The molecule has 0 radical (unpaired) electrons. The molecule has 6 nitrogen and oxygen atoms in total. The third-order valence-corrected chi connectivity index (χ3v) is 6.89. The molecule has 0 unspecified atom stereocenters. The van der Waals surface area contributed by atoms with Crippen LogP contribution in [-0.2, 0) is 10.0 Å². The Morgan fingerprint density at radius 3 is 2.76 bits per heavy atom. The minimum absolute atomic E-state index is 0.0367. The van der Waals surface area contributed by atoms with Crippen LogP contribution < -0.4 is 10.6 Å². The Morgan fingerprint density at radius 1 is 1.24 bits per heavy atom. The van der Waals surface area contributed by atoms with Gasteiger partial charge in [0, 0.05) is 31.7 Å². The van der Waals surface area contributed by atoms with Gasteiger partial charge in [0.25, 0.3) is 5.91 Å². The third kappa shape index (κ3) is 4.80. The van der Waals surface area contributed by atoms with E-state index in [4.69, 9.17) is 0 Å². The third-order valence-electron chi connectivity index (χ3n) is 5.02. The molecule has 0 aliphatic carbocycles. The van der Waals surface area contributed by atoms with Crippen LogP contribution in [0.1, 0.15) is 47.5 Å². The Balaban J connectivity index is 1.54. The van der Waals surface area contributed by atoms with Crippen LogP contribution in [0.25, 0.3) is 0 Å². The van der Waals surface area contributed by atoms with Gasteiger partial charge in [-0.3, -0.25) is 4.79 Å². The Bertz CT molecular complexity index is 693. The number of piperidine rings is 1. The van der Waals surface area contributed by atoms with Crippen molar-refractivity contribution in [3.05, 3.63) is 35.4 Å². The van der Waals surface area contributed by atoms with Crippen LogP contribution in [-0.4, -0.2) is 57.1 Å². The summed E-state index contributed by atoms with van der Waals surface area (Å²) in [6.45, 7) is 3.36. The standard InChI is InChI=1S/C18H27N3O3S/c22-18(20-9-12-25(23,24)21-10-1-2-11-21)16-6-3-5-15(13-16)17-7-4-8-19-14-17/h3,5-6,13,17,19H,1-2,4,7-12,14H2,(H,20,22)/t17-/m0/s1. The predicted molar refractivity (Wildman–Crippen MR) is 98.2 cm³/mol. The molecule has 7 heteroatoms. The molecule has 3 rings (SSSR count). The van der Waals surface area contributed by atoms with Crippen LogP contribution >= 0.6 is 0 Å². The summed E-state index contributed by atoms with van der Waals surface area (Å²) in [5, 5.41) is 6.14. The van der Waals surface area contributed by atoms with Crippen molar-refractivity contribution in [2.75, 3.05) is 38.5 Å². The largest absolute Gasteiger partial charge is 0.351 e. The summed E-state index contributed by atoms with van der Waals surface area (Å²) in [5.41, 5.74) is 1.77. The topological polar surface area (TPSA) is 78.5 Å². The number of amides is 1. The fraction of sp³-hybridized carbons (Fsp3) is 0.611. The molecule has 0 saturated carbocycles. The van der Waals surface area contributed by atoms with Crippen LogP contribution in [0.5, 0.6) is 0 Å². The number of nitrogens with zero attached hydrogens (tertiary/aromatic N) is 1. The molecule has 0 aromatic heterocycles. The highest BCUT2D eigenvalue weighted by atomic mass is 32.2. The van der Waals surface area contributed by atoms with E-state index in [2.05, 4.69) is 16.7 Å². The fourth-order valence-electron chi connectivity index (χ4n) is 3.56. The molecular weight excluding hydrogens is 338 g/mol. The zero-order valence-corrected chi connectivity index (χ0v) is 15.4. The number of rotatable bonds is 6. The lowest BCUT2D eigenvalue weighted by molar-refractivity contribution is 0.0956. The first kappa shape index (κ1) is 18.4. The van der Waals surface area contributed by atoms with Gasteiger partial charge in [-0.15, -0.1) is 0 Å². The number of hydrogen-bond acceptors (Lipinski definition) is 4. The zero-order chi connectivity index (χ0) is 17.7. The summed E-state index contributed by atoms with van der Waals surface area (Å²) in [6.07, 6.45) is 4.13. The molecule has 0 spiro atoms. The first-order valence-electron chi connectivity index (χ1n) is 9.13. The molecule has 1 aromatic rings. The van der Waals surface area contributed by atoms with E-state index in [-0.39, 0.29) is 18.2 Å². The second-order valence-corrected chi connectivity index (χ2v) is 8.94. The summed E-state index contributed by atoms with van der Waals surface area (Å²) in [5.74, 6) is 0.199. The van der Waals surface area contributed by atoms with E-state index in [9.17, 15) is 13.2 Å². The van der Waals surface area contributed by atoms with Crippen molar-refractivity contribution in [2.45, 2.75) is 31.6 Å². The quantitative estimate of drug-likeness (QED) is 0.797. The highest BCUT2D eigenvalue weighted by molar-refractivity contribution is 7.89. The summed E-state index contributed by atoms with van der Waals surface area (Å²) in [7, 11) is -3.25. The average Bonchev–Trinajstić information content (AvgIpc) is 3.18. The number of sulfonamides is 1. The molecular formula is C18H27N3O3S. The van der Waals surface area contributed by atoms with Gasteiger partial charge in [0.05, 0.1) is 5.75 Å². The van der Waals surface area contributed by atoms with Crippen LogP contribution in [0.2, 0.25) is 0 Å². The zero-order valence-electron chi connectivity index (χ0n) is 14.5. The van der Waals surface area contributed by atoms with E-state index in [1.54, 1.807) is 6.07 Å². The summed E-state index contributed by atoms with van der Waals surface area (Å²) < 4.78 is 25.9. The van der Waals surface area contributed by atoms with Crippen LogP contribution in [0, 0.1) is 0 Å². The lowest BCUT2D eigenvalue weighted by Crippen LogP contribution is -2.36. The van der Waals surface area contributed by atoms with Crippen molar-refractivity contribution in [2.24, 2.45) is 0 Å². The van der Waals surface area contributed by atoms with Gasteiger partial charge in [-0.1, -0.05) is 12.1 Å². The van der Waals surface area contributed by atoms with Gasteiger partial charge in [0.1, 0.15) is 0 Å². The average molecular weight is 365 g/mol. The molecule has 2 heterocycles. The molecule has 138 valence electrons. The molecule has 2 N–H and O–H groups in total. The van der Waals surface area contributed by atoms with Crippen molar-refractivity contribution < 1.29 is 13.2 Å². The predicted octanol–water partition coefficient (Wildman–Crippen LogP) is 1.31. The number of carbonyl (C=O) groups excluding carboxylic acids is 1. The Kier molecular flexibility index (Phi) is 6.09. The minimum Gasteiger partial charge on any atom is -0.351 e. The SMILES string of the molecule is O=C(NCCS(=O)(=O)N1CCCC1)c1cccc([C@H]2CCCNC2)c1. The lowest BCUT2D eigenvalue weighted by atomic mass is 9.90. The van der Waals surface area contributed by atoms with Gasteiger partial charge in [0.2, 0.25) is 10.0 Å². The van der Waals surface area contributed by atoms with Crippen LogP contribution in [0.4, 0.5) is 0 Å². The van der Waals surface area contributed by atoms with Gasteiger partial charge in [0.15, 0.2) is 0 Å². The van der Waals surface area contributed by atoms with Crippen molar-refractivity contribution >= 4 is 15.9 Å². The Hall–Kier alpha value is -1.44. The maximum Gasteiger partial charge on any atom is 0.251 e. The summed E-state index contributed by atoms with van der Waals surface area (Å²) >= 11 is 0. The lowest BCUT2D eigenvalue weighted by Gasteiger charge is -2.23. The summed E-state index contributed by atoms with van der Waals surface area (Å²) in [6, 6.07) is 7.68. The molecule has 2 fully saturated rings. The van der Waals surface area contributed by atoms with Gasteiger partial charge in [-0.2, -0.15) is 0 Å². The monoisotopic (exact) mass is 365 g/mol. The molecule has 2 aliphatic rings. The normalized spacial score (nSPS) is 22.0. The first-order chi connectivity index (χ1) is 12.1. The van der Waals surface area contributed by atoms with Gasteiger partial charge in [-0.05, 0) is 55.8 Å². The Morgan fingerprint density at radius 2 is 2.04 bits per heavy atom. The van der Waals surface area contributed by atoms with Crippen molar-refractivity contribution in [1.82, 2.24) is 14.9 Å². The Labute approximate surface area is 150 Å². The molecule has 0 bridgehead atoms. The maximum atomic E-state index is 12.4. The van der Waals surface area contributed by atoms with E-state index in [1.807, 2.05) is 12.1 Å². The van der Waals surface area contributed by atoms with Gasteiger partial charge < -0.3 is 10.6 Å². The van der Waals surface area contributed by atoms with E-state index in [0.717, 1.165) is 38.8 Å². The fourth-order valence-corrected chi connectivity index (χ4v) is 4.99. The molecule has 2 aliphatic heterocycles.